The topological polar surface area (TPSA) is 76.0 Å². The Balaban J connectivity index is 1.63. The SMILES string of the molecule is Cc1cccc(-n2ccnc2SC(C)C(=O)NC(=O)NC2CCCC2)c1C. The summed E-state index contributed by atoms with van der Waals surface area (Å²) in [6, 6.07) is 5.90. The molecule has 1 aromatic heterocycles. The molecule has 2 N–H and O–H groups in total. The first kappa shape index (κ1) is 19.5. The molecule has 1 atom stereocenters. The molecule has 1 aromatic carbocycles. The number of rotatable bonds is 5. The van der Waals surface area contributed by atoms with E-state index in [-0.39, 0.29) is 11.9 Å². The van der Waals surface area contributed by atoms with E-state index in [4.69, 9.17) is 0 Å². The highest BCUT2D eigenvalue weighted by Crippen LogP contribution is 2.27. The third-order valence-electron chi connectivity index (χ3n) is 5.02. The summed E-state index contributed by atoms with van der Waals surface area (Å²) >= 11 is 1.34. The second-order valence-corrected chi connectivity index (χ2v) is 8.31. The van der Waals surface area contributed by atoms with E-state index in [1.165, 1.54) is 22.9 Å². The zero-order valence-corrected chi connectivity index (χ0v) is 16.8. The maximum atomic E-state index is 12.4. The standard InChI is InChI=1S/C20H26N4O2S/c1-13-7-6-10-17(14(13)2)24-12-11-21-20(24)27-15(3)18(25)23-19(26)22-16-8-4-5-9-16/h6-7,10-12,15-16H,4-5,8-9H2,1-3H3,(H2,22,23,25,26). The number of urea groups is 1. The highest BCUT2D eigenvalue weighted by molar-refractivity contribution is 8.00. The Morgan fingerprint density at radius 2 is 2.00 bits per heavy atom. The number of thioether (sulfide) groups is 1. The Morgan fingerprint density at radius 3 is 2.74 bits per heavy atom. The van der Waals surface area contributed by atoms with Gasteiger partial charge in [0.15, 0.2) is 5.16 Å². The fourth-order valence-corrected chi connectivity index (χ4v) is 4.15. The van der Waals surface area contributed by atoms with Crippen LogP contribution in [-0.2, 0) is 4.79 Å². The molecule has 0 saturated heterocycles. The largest absolute Gasteiger partial charge is 0.335 e. The van der Waals surface area contributed by atoms with Crippen LogP contribution in [0.3, 0.4) is 0 Å². The van der Waals surface area contributed by atoms with Gasteiger partial charge in [-0.3, -0.25) is 14.7 Å². The first-order valence-electron chi connectivity index (χ1n) is 9.33. The number of benzene rings is 1. The van der Waals surface area contributed by atoms with Crippen LogP contribution in [0.5, 0.6) is 0 Å². The van der Waals surface area contributed by atoms with E-state index in [1.807, 2.05) is 22.9 Å². The molecule has 27 heavy (non-hydrogen) atoms. The van der Waals surface area contributed by atoms with Crippen molar-refractivity contribution >= 4 is 23.7 Å². The van der Waals surface area contributed by atoms with Crippen LogP contribution < -0.4 is 10.6 Å². The van der Waals surface area contributed by atoms with Crippen LogP contribution in [0, 0.1) is 13.8 Å². The number of hydrogen-bond donors (Lipinski definition) is 2. The molecule has 7 heteroatoms. The molecule has 0 spiro atoms. The third kappa shape index (κ3) is 4.71. The molecular formula is C20H26N4O2S. The highest BCUT2D eigenvalue weighted by Gasteiger charge is 2.22. The van der Waals surface area contributed by atoms with Gasteiger partial charge in [-0.1, -0.05) is 36.7 Å². The lowest BCUT2D eigenvalue weighted by Gasteiger charge is -2.16. The summed E-state index contributed by atoms with van der Waals surface area (Å²) in [4.78, 5) is 28.8. The number of imide groups is 1. The van der Waals surface area contributed by atoms with E-state index in [9.17, 15) is 9.59 Å². The molecule has 1 saturated carbocycles. The van der Waals surface area contributed by atoms with E-state index in [0.29, 0.717) is 0 Å². The predicted octanol–water partition coefficient (Wildman–Crippen LogP) is 3.74. The van der Waals surface area contributed by atoms with E-state index in [1.54, 1.807) is 13.1 Å². The van der Waals surface area contributed by atoms with Crippen LogP contribution in [-0.4, -0.2) is 32.8 Å². The number of carbonyl (C=O) groups excluding carboxylic acids is 2. The van der Waals surface area contributed by atoms with E-state index >= 15 is 0 Å². The number of aromatic nitrogens is 2. The average Bonchev–Trinajstić information content (AvgIpc) is 3.29. The first-order chi connectivity index (χ1) is 13.0. The fourth-order valence-electron chi connectivity index (χ4n) is 3.27. The Morgan fingerprint density at radius 1 is 1.26 bits per heavy atom. The molecule has 0 radical (unpaired) electrons. The Hall–Kier alpha value is -2.28. The number of nitrogens with one attached hydrogen (secondary N) is 2. The summed E-state index contributed by atoms with van der Waals surface area (Å²) in [6.45, 7) is 5.93. The second-order valence-electron chi connectivity index (χ2n) is 7.00. The maximum Gasteiger partial charge on any atom is 0.321 e. The van der Waals surface area contributed by atoms with Gasteiger partial charge < -0.3 is 5.32 Å². The number of amides is 3. The van der Waals surface area contributed by atoms with Gasteiger partial charge >= 0.3 is 6.03 Å². The van der Waals surface area contributed by atoms with Crippen molar-refractivity contribution < 1.29 is 9.59 Å². The van der Waals surface area contributed by atoms with Crippen LogP contribution in [0.15, 0.2) is 35.7 Å². The Labute approximate surface area is 164 Å². The van der Waals surface area contributed by atoms with Crippen LogP contribution in [0.1, 0.15) is 43.7 Å². The molecule has 1 heterocycles. The normalized spacial score (nSPS) is 15.5. The number of aryl methyl sites for hydroxylation is 1. The molecule has 144 valence electrons. The molecule has 3 amide bonds. The summed E-state index contributed by atoms with van der Waals surface area (Å²) < 4.78 is 1.98. The number of imidazole rings is 1. The lowest BCUT2D eigenvalue weighted by atomic mass is 10.1. The van der Waals surface area contributed by atoms with Crippen LogP contribution >= 0.6 is 11.8 Å². The van der Waals surface area contributed by atoms with Crippen molar-refractivity contribution in [1.82, 2.24) is 20.2 Å². The maximum absolute atomic E-state index is 12.4. The molecule has 1 aliphatic rings. The minimum atomic E-state index is -0.439. The van der Waals surface area contributed by atoms with Crippen molar-refractivity contribution in [3.05, 3.63) is 41.7 Å². The smallest absolute Gasteiger partial charge is 0.321 e. The summed E-state index contributed by atoms with van der Waals surface area (Å²) in [5, 5.41) is 5.61. The third-order valence-corrected chi connectivity index (χ3v) is 6.10. The first-order valence-corrected chi connectivity index (χ1v) is 10.2. The monoisotopic (exact) mass is 386 g/mol. The van der Waals surface area contributed by atoms with Crippen molar-refractivity contribution in [2.75, 3.05) is 0 Å². The van der Waals surface area contributed by atoms with Crippen molar-refractivity contribution in [3.8, 4) is 5.69 Å². The zero-order chi connectivity index (χ0) is 19.4. The summed E-state index contributed by atoms with van der Waals surface area (Å²) in [5.74, 6) is -0.314. The number of hydrogen-bond acceptors (Lipinski definition) is 4. The van der Waals surface area contributed by atoms with Gasteiger partial charge in [-0.2, -0.15) is 0 Å². The van der Waals surface area contributed by atoms with E-state index < -0.39 is 11.3 Å². The van der Waals surface area contributed by atoms with Crippen LogP contribution in [0.2, 0.25) is 0 Å². The van der Waals surface area contributed by atoms with Gasteiger partial charge in [0, 0.05) is 18.4 Å². The van der Waals surface area contributed by atoms with Crippen LogP contribution in [0.25, 0.3) is 5.69 Å². The minimum absolute atomic E-state index is 0.184. The van der Waals surface area contributed by atoms with Gasteiger partial charge in [-0.25, -0.2) is 9.78 Å². The van der Waals surface area contributed by atoms with Gasteiger partial charge in [0.25, 0.3) is 0 Å². The molecule has 0 aliphatic heterocycles. The van der Waals surface area contributed by atoms with Crippen LogP contribution in [0.4, 0.5) is 4.79 Å². The highest BCUT2D eigenvalue weighted by atomic mass is 32.2. The molecular weight excluding hydrogens is 360 g/mol. The fraction of sp³-hybridized carbons (Fsp3) is 0.450. The minimum Gasteiger partial charge on any atom is -0.335 e. The predicted molar refractivity (Wildman–Crippen MR) is 107 cm³/mol. The Bertz CT molecular complexity index is 827. The quantitative estimate of drug-likeness (QED) is 0.768. The lowest BCUT2D eigenvalue weighted by Crippen LogP contribution is -2.45. The second kappa shape index (κ2) is 8.61. The average molecular weight is 387 g/mol. The lowest BCUT2D eigenvalue weighted by molar-refractivity contribution is -0.119. The molecule has 0 bridgehead atoms. The van der Waals surface area contributed by atoms with Gasteiger partial charge in [0.05, 0.1) is 10.9 Å². The van der Waals surface area contributed by atoms with Crippen molar-refractivity contribution in [1.29, 1.82) is 0 Å². The summed E-state index contributed by atoms with van der Waals surface area (Å²) in [6.07, 6.45) is 7.85. The zero-order valence-electron chi connectivity index (χ0n) is 16.0. The molecule has 3 rings (SSSR count). The van der Waals surface area contributed by atoms with Gasteiger partial charge in [-0.05, 0) is 50.8 Å². The van der Waals surface area contributed by atoms with Crippen molar-refractivity contribution in [2.45, 2.75) is 62.9 Å². The summed E-state index contributed by atoms with van der Waals surface area (Å²) in [5.41, 5.74) is 3.42. The van der Waals surface area contributed by atoms with E-state index in [0.717, 1.165) is 36.5 Å². The van der Waals surface area contributed by atoms with Gasteiger partial charge in [-0.15, -0.1) is 0 Å². The van der Waals surface area contributed by atoms with Gasteiger partial charge in [0.2, 0.25) is 5.91 Å². The summed E-state index contributed by atoms with van der Waals surface area (Å²) in [7, 11) is 0. The molecule has 1 aliphatic carbocycles. The molecule has 6 nitrogen and oxygen atoms in total. The Kier molecular flexibility index (Phi) is 6.21. The molecule has 1 unspecified atom stereocenters. The molecule has 2 aromatic rings. The number of carbonyl (C=O) groups is 2. The molecule has 1 fully saturated rings. The van der Waals surface area contributed by atoms with Crippen molar-refractivity contribution in [3.63, 3.8) is 0 Å². The van der Waals surface area contributed by atoms with E-state index in [2.05, 4.69) is 35.5 Å². The van der Waals surface area contributed by atoms with Gasteiger partial charge in [0.1, 0.15) is 0 Å². The van der Waals surface area contributed by atoms with Crippen molar-refractivity contribution in [2.24, 2.45) is 0 Å². The number of nitrogens with zero attached hydrogens (tertiary/aromatic N) is 2.